The van der Waals surface area contributed by atoms with E-state index >= 15 is 0 Å². The van der Waals surface area contributed by atoms with Crippen LogP contribution in [-0.4, -0.2) is 17.6 Å². The second-order valence-corrected chi connectivity index (χ2v) is 4.77. The van der Waals surface area contributed by atoms with Gasteiger partial charge in [0.2, 0.25) is 0 Å². The smallest absolute Gasteiger partial charge is 0.132 e. The quantitative estimate of drug-likeness (QED) is 0.903. The number of hydrogen-bond donors (Lipinski definition) is 1. The van der Waals surface area contributed by atoms with E-state index in [9.17, 15) is 0 Å². The normalized spacial score (nSPS) is 17.3. The predicted molar refractivity (Wildman–Crippen MR) is 71.9 cm³/mol. The molecule has 0 bridgehead atoms. The first-order valence-corrected chi connectivity index (χ1v) is 6.26. The molecule has 2 aromatic rings. The van der Waals surface area contributed by atoms with Crippen LogP contribution in [0.5, 0.6) is 5.75 Å². The highest BCUT2D eigenvalue weighted by molar-refractivity contribution is 6.30. The summed E-state index contributed by atoms with van der Waals surface area (Å²) in [6, 6.07) is 9.83. The van der Waals surface area contributed by atoms with Gasteiger partial charge in [-0.3, -0.25) is 4.98 Å². The van der Waals surface area contributed by atoms with Crippen molar-refractivity contribution in [3.8, 4) is 17.0 Å². The molecule has 2 N–H and O–H groups in total. The minimum atomic E-state index is 0.0773. The summed E-state index contributed by atoms with van der Waals surface area (Å²) < 4.78 is 5.87. The predicted octanol–water partition coefficient (Wildman–Crippen LogP) is 2.66. The van der Waals surface area contributed by atoms with Gasteiger partial charge in [-0.1, -0.05) is 23.7 Å². The SMILES string of the molecule is NC[C@H]1Cc2cccc(-c3ccc(Cl)cn3)c2O1. The highest BCUT2D eigenvalue weighted by atomic mass is 35.5. The van der Waals surface area contributed by atoms with Gasteiger partial charge >= 0.3 is 0 Å². The summed E-state index contributed by atoms with van der Waals surface area (Å²) in [5, 5.41) is 0.632. The lowest BCUT2D eigenvalue weighted by Crippen LogP contribution is -2.24. The molecular formula is C14H13ClN2O. The van der Waals surface area contributed by atoms with Crippen molar-refractivity contribution in [3.63, 3.8) is 0 Å². The molecule has 4 heteroatoms. The van der Waals surface area contributed by atoms with Gasteiger partial charge in [0.15, 0.2) is 0 Å². The molecule has 0 unspecified atom stereocenters. The first-order chi connectivity index (χ1) is 8.78. The third kappa shape index (κ3) is 1.96. The first-order valence-electron chi connectivity index (χ1n) is 5.88. The highest BCUT2D eigenvalue weighted by Gasteiger charge is 2.24. The fourth-order valence-electron chi connectivity index (χ4n) is 2.21. The summed E-state index contributed by atoms with van der Waals surface area (Å²) in [7, 11) is 0. The number of halogens is 1. The zero-order valence-corrected chi connectivity index (χ0v) is 10.5. The molecule has 1 atom stereocenters. The van der Waals surface area contributed by atoms with Crippen molar-refractivity contribution in [2.24, 2.45) is 5.73 Å². The molecule has 0 aliphatic carbocycles. The Bertz CT molecular complexity index is 569. The maximum absolute atomic E-state index is 5.87. The molecule has 2 heterocycles. The van der Waals surface area contributed by atoms with Gasteiger partial charge in [-0.2, -0.15) is 0 Å². The van der Waals surface area contributed by atoms with Gasteiger partial charge in [0.05, 0.1) is 10.7 Å². The van der Waals surface area contributed by atoms with Crippen LogP contribution in [0.25, 0.3) is 11.3 Å². The fraction of sp³-hybridized carbons (Fsp3) is 0.214. The fourth-order valence-corrected chi connectivity index (χ4v) is 2.32. The number of hydrogen-bond acceptors (Lipinski definition) is 3. The number of para-hydroxylation sites is 1. The third-order valence-corrected chi connectivity index (χ3v) is 3.32. The number of aromatic nitrogens is 1. The Morgan fingerprint density at radius 1 is 1.33 bits per heavy atom. The molecule has 1 aromatic heterocycles. The van der Waals surface area contributed by atoms with E-state index in [1.54, 1.807) is 6.20 Å². The minimum absolute atomic E-state index is 0.0773. The molecule has 0 spiro atoms. The second-order valence-electron chi connectivity index (χ2n) is 4.34. The molecule has 0 fully saturated rings. The van der Waals surface area contributed by atoms with Crippen LogP contribution in [0.2, 0.25) is 5.02 Å². The average molecular weight is 261 g/mol. The second kappa shape index (κ2) is 4.59. The topological polar surface area (TPSA) is 48.1 Å². The zero-order valence-electron chi connectivity index (χ0n) is 9.77. The van der Waals surface area contributed by atoms with Crippen LogP contribution < -0.4 is 10.5 Å². The van der Waals surface area contributed by atoms with Crippen molar-refractivity contribution in [3.05, 3.63) is 47.1 Å². The van der Waals surface area contributed by atoms with E-state index in [-0.39, 0.29) is 6.10 Å². The van der Waals surface area contributed by atoms with Gasteiger partial charge in [-0.25, -0.2) is 0 Å². The highest BCUT2D eigenvalue weighted by Crippen LogP contribution is 2.37. The summed E-state index contributed by atoms with van der Waals surface area (Å²) >= 11 is 5.85. The lowest BCUT2D eigenvalue weighted by Gasteiger charge is -2.10. The van der Waals surface area contributed by atoms with E-state index in [0.29, 0.717) is 11.6 Å². The van der Waals surface area contributed by atoms with E-state index in [2.05, 4.69) is 11.1 Å². The molecule has 0 saturated heterocycles. The van der Waals surface area contributed by atoms with Gasteiger partial charge in [0, 0.05) is 24.7 Å². The van der Waals surface area contributed by atoms with Crippen LogP contribution in [-0.2, 0) is 6.42 Å². The van der Waals surface area contributed by atoms with Crippen LogP contribution in [0.15, 0.2) is 36.5 Å². The molecule has 3 nitrogen and oxygen atoms in total. The van der Waals surface area contributed by atoms with Crippen LogP contribution in [0.3, 0.4) is 0 Å². The van der Waals surface area contributed by atoms with Crippen LogP contribution in [0, 0.1) is 0 Å². The van der Waals surface area contributed by atoms with Crippen molar-refractivity contribution >= 4 is 11.6 Å². The zero-order chi connectivity index (χ0) is 12.5. The monoisotopic (exact) mass is 260 g/mol. The molecule has 0 radical (unpaired) electrons. The Morgan fingerprint density at radius 3 is 2.94 bits per heavy atom. The van der Waals surface area contributed by atoms with Crippen molar-refractivity contribution in [2.45, 2.75) is 12.5 Å². The molecule has 18 heavy (non-hydrogen) atoms. The Labute approximate surface area is 111 Å². The lowest BCUT2D eigenvalue weighted by molar-refractivity contribution is 0.242. The van der Waals surface area contributed by atoms with Gasteiger partial charge in [-0.05, 0) is 23.8 Å². The van der Waals surface area contributed by atoms with Gasteiger partial charge < -0.3 is 10.5 Å². The Balaban J connectivity index is 2.05. The van der Waals surface area contributed by atoms with E-state index in [0.717, 1.165) is 23.4 Å². The summed E-state index contributed by atoms with van der Waals surface area (Å²) in [5.41, 5.74) is 8.73. The summed E-state index contributed by atoms with van der Waals surface area (Å²) in [6.07, 6.45) is 2.59. The molecule has 1 aromatic carbocycles. The Hall–Kier alpha value is -1.58. The first kappa shape index (κ1) is 11.5. The van der Waals surface area contributed by atoms with Gasteiger partial charge in [0.25, 0.3) is 0 Å². The number of fused-ring (bicyclic) bond motifs is 1. The third-order valence-electron chi connectivity index (χ3n) is 3.09. The number of nitrogens with two attached hydrogens (primary N) is 1. The van der Waals surface area contributed by atoms with Gasteiger partial charge in [-0.15, -0.1) is 0 Å². The van der Waals surface area contributed by atoms with Gasteiger partial charge in [0.1, 0.15) is 11.9 Å². The number of rotatable bonds is 2. The minimum Gasteiger partial charge on any atom is -0.488 e. The number of ether oxygens (including phenoxy) is 1. The molecule has 92 valence electrons. The van der Waals surface area contributed by atoms with E-state index in [1.165, 1.54) is 5.56 Å². The number of benzene rings is 1. The van der Waals surface area contributed by atoms with Crippen molar-refractivity contribution < 1.29 is 4.74 Å². The van der Waals surface area contributed by atoms with Crippen molar-refractivity contribution in [2.75, 3.05) is 6.54 Å². The number of pyridine rings is 1. The van der Waals surface area contributed by atoms with Crippen LogP contribution in [0.1, 0.15) is 5.56 Å². The largest absolute Gasteiger partial charge is 0.488 e. The summed E-state index contributed by atoms with van der Waals surface area (Å²) in [6.45, 7) is 0.530. The summed E-state index contributed by atoms with van der Waals surface area (Å²) in [4.78, 5) is 4.33. The maximum Gasteiger partial charge on any atom is 0.132 e. The van der Waals surface area contributed by atoms with E-state index in [1.807, 2.05) is 24.3 Å². The van der Waals surface area contributed by atoms with E-state index in [4.69, 9.17) is 22.1 Å². The van der Waals surface area contributed by atoms with Crippen LogP contribution in [0.4, 0.5) is 0 Å². The molecule has 0 saturated carbocycles. The lowest BCUT2D eigenvalue weighted by atomic mass is 10.0. The van der Waals surface area contributed by atoms with Crippen LogP contribution >= 0.6 is 11.6 Å². The molecule has 3 rings (SSSR count). The molecule has 1 aliphatic heterocycles. The average Bonchev–Trinajstić information content (AvgIpc) is 2.82. The van der Waals surface area contributed by atoms with Crippen molar-refractivity contribution in [1.29, 1.82) is 0 Å². The molecular weight excluding hydrogens is 248 g/mol. The molecule has 0 amide bonds. The van der Waals surface area contributed by atoms with E-state index < -0.39 is 0 Å². The Morgan fingerprint density at radius 2 is 2.22 bits per heavy atom. The van der Waals surface area contributed by atoms with Crippen molar-refractivity contribution in [1.82, 2.24) is 4.98 Å². The summed E-state index contributed by atoms with van der Waals surface area (Å²) in [5.74, 6) is 0.905. The number of nitrogens with zero attached hydrogens (tertiary/aromatic N) is 1. The standard InChI is InChI=1S/C14H13ClN2O/c15-10-4-5-13(17-8-10)12-3-1-2-9-6-11(7-16)18-14(9)12/h1-5,8,11H,6-7,16H2/t11-/m1/s1. The maximum atomic E-state index is 5.87. The Kier molecular flexibility index (Phi) is 2.94. The molecule has 1 aliphatic rings.